The van der Waals surface area contributed by atoms with Gasteiger partial charge in [-0.3, -0.25) is 4.79 Å². The highest BCUT2D eigenvalue weighted by atomic mass is 16.1. The molecule has 2 aromatic heterocycles. The zero-order valence-corrected chi connectivity index (χ0v) is 15.5. The van der Waals surface area contributed by atoms with Gasteiger partial charge in [0.25, 0.3) is 5.91 Å². The first-order valence-electron chi connectivity index (χ1n) is 8.81. The van der Waals surface area contributed by atoms with Crippen molar-refractivity contribution >= 4 is 23.2 Å². The summed E-state index contributed by atoms with van der Waals surface area (Å²) in [5.41, 5.74) is 8.22. The fourth-order valence-electron chi connectivity index (χ4n) is 2.98. The number of likely N-dealkylation sites (N-methyl/N-ethyl adjacent to an activating group) is 1. The Labute approximate surface area is 153 Å². The molecule has 0 radical (unpaired) electrons. The van der Waals surface area contributed by atoms with E-state index in [2.05, 4.69) is 37.1 Å². The zero-order chi connectivity index (χ0) is 18.7. The number of hydrogen-bond acceptors (Lipinski definition) is 7. The van der Waals surface area contributed by atoms with Gasteiger partial charge in [0.1, 0.15) is 5.82 Å². The van der Waals surface area contributed by atoms with Gasteiger partial charge in [0, 0.05) is 26.2 Å². The number of nitrogens with zero attached hydrogens (tertiary/aromatic N) is 5. The van der Waals surface area contributed by atoms with Crippen molar-refractivity contribution in [2.75, 3.05) is 43.4 Å². The maximum Gasteiger partial charge on any atom is 0.271 e. The minimum atomic E-state index is -0.608. The second-order valence-electron chi connectivity index (χ2n) is 6.49. The summed E-state index contributed by atoms with van der Waals surface area (Å²) >= 11 is 0. The van der Waals surface area contributed by atoms with E-state index in [9.17, 15) is 4.79 Å². The molecule has 3 rings (SSSR count). The van der Waals surface area contributed by atoms with Crippen molar-refractivity contribution in [2.24, 2.45) is 5.73 Å². The van der Waals surface area contributed by atoms with Crippen LogP contribution < -0.4 is 16.0 Å². The Hall–Kier alpha value is -2.74. The van der Waals surface area contributed by atoms with Crippen LogP contribution in [-0.4, -0.2) is 59.0 Å². The molecule has 8 heteroatoms. The maximum absolute atomic E-state index is 11.7. The summed E-state index contributed by atoms with van der Waals surface area (Å²) in [6.07, 6.45) is 2.52. The first kappa shape index (κ1) is 18.1. The number of hydrogen-bond donors (Lipinski definition) is 2. The second-order valence-corrected chi connectivity index (χ2v) is 6.49. The number of piperazine rings is 1. The van der Waals surface area contributed by atoms with Crippen LogP contribution in [0.2, 0.25) is 0 Å². The molecule has 0 atom stereocenters. The van der Waals surface area contributed by atoms with Gasteiger partial charge in [-0.05, 0) is 32.5 Å². The number of amides is 1. The fourth-order valence-corrected chi connectivity index (χ4v) is 2.98. The summed E-state index contributed by atoms with van der Waals surface area (Å²) < 4.78 is 0. The average Bonchev–Trinajstić information content (AvgIpc) is 2.63. The number of aryl methyl sites for hydroxylation is 2. The Morgan fingerprint density at radius 3 is 2.54 bits per heavy atom. The van der Waals surface area contributed by atoms with Crippen LogP contribution in [0.4, 0.5) is 17.3 Å². The number of rotatable bonds is 5. The predicted molar refractivity (Wildman–Crippen MR) is 102 cm³/mol. The number of primary amides is 1. The molecule has 26 heavy (non-hydrogen) atoms. The van der Waals surface area contributed by atoms with Gasteiger partial charge >= 0.3 is 0 Å². The van der Waals surface area contributed by atoms with Gasteiger partial charge in [-0.15, -0.1) is 0 Å². The lowest BCUT2D eigenvalue weighted by atomic mass is 10.2. The highest BCUT2D eigenvalue weighted by Crippen LogP contribution is 2.21. The van der Waals surface area contributed by atoms with Gasteiger partial charge < -0.3 is 20.9 Å². The topological polar surface area (TPSA) is 100 Å². The number of nitrogens with two attached hydrogens (primary N) is 1. The van der Waals surface area contributed by atoms with Gasteiger partial charge in [-0.1, -0.05) is 6.92 Å². The molecule has 0 aliphatic carbocycles. The SMILES string of the molecule is CCc1nc(C(N)=O)c(Nc2ccc(N3CCN(C)CC3)cn2)nc1C. The number of nitrogens with one attached hydrogen (secondary N) is 1. The van der Waals surface area contributed by atoms with Crippen molar-refractivity contribution in [3.63, 3.8) is 0 Å². The van der Waals surface area contributed by atoms with E-state index in [0.717, 1.165) is 43.3 Å². The summed E-state index contributed by atoms with van der Waals surface area (Å²) in [5.74, 6) is 0.333. The van der Waals surface area contributed by atoms with Crippen LogP contribution in [0.15, 0.2) is 18.3 Å². The summed E-state index contributed by atoms with van der Waals surface area (Å²) in [6, 6.07) is 3.90. The molecular weight excluding hydrogens is 330 g/mol. The van der Waals surface area contributed by atoms with Gasteiger partial charge in [-0.25, -0.2) is 15.0 Å². The van der Waals surface area contributed by atoms with Crippen LogP contribution in [0.5, 0.6) is 0 Å². The second kappa shape index (κ2) is 7.65. The lowest BCUT2D eigenvalue weighted by Gasteiger charge is -2.33. The maximum atomic E-state index is 11.7. The van der Waals surface area contributed by atoms with Crippen LogP contribution in [0.1, 0.15) is 28.8 Å². The molecule has 1 aliphatic rings. The molecule has 0 unspecified atom stereocenters. The molecule has 3 heterocycles. The van der Waals surface area contributed by atoms with E-state index in [-0.39, 0.29) is 5.69 Å². The van der Waals surface area contributed by atoms with Crippen LogP contribution in [-0.2, 0) is 6.42 Å². The Bertz CT molecular complexity index is 783. The van der Waals surface area contributed by atoms with E-state index < -0.39 is 5.91 Å². The Kier molecular flexibility index (Phi) is 5.32. The molecule has 138 valence electrons. The Morgan fingerprint density at radius 2 is 1.96 bits per heavy atom. The number of pyridine rings is 1. The van der Waals surface area contributed by atoms with E-state index in [1.807, 2.05) is 32.2 Å². The molecular formula is C18H25N7O. The third kappa shape index (κ3) is 3.91. The number of carbonyl (C=O) groups excluding carboxylic acids is 1. The molecule has 0 aromatic carbocycles. The first-order chi connectivity index (χ1) is 12.5. The van der Waals surface area contributed by atoms with Crippen molar-refractivity contribution in [3.8, 4) is 0 Å². The quantitative estimate of drug-likeness (QED) is 0.834. The van der Waals surface area contributed by atoms with E-state index >= 15 is 0 Å². The van der Waals surface area contributed by atoms with Gasteiger partial charge in [-0.2, -0.15) is 0 Å². The van der Waals surface area contributed by atoms with Gasteiger partial charge in [0.05, 0.1) is 23.3 Å². The van der Waals surface area contributed by atoms with Crippen molar-refractivity contribution in [1.82, 2.24) is 19.9 Å². The average molecular weight is 355 g/mol. The van der Waals surface area contributed by atoms with Crippen LogP contribution in [0, 0.1) is 6.92 Å². The summed E-state index contributed by atoms with van der Waals surface area (Å²) in [5, 5.41) is 3.07. The van der Waals surface area contributed by atoms with Gasteiger partial charge in [0.2, 0.25) is 0 Å². The Balaban J connectivity index is 1.79. The number of anilines is 3. The van der Waals surface area contributed by atoms with Crippen LogP contribution >= 0.6 is 0 Å². The minimum Gasteiger partial charge on any atom is -0.368 e. The van der Waals surface area contributed by atoms with Crippen molar-refractivity contribution in [2.45, 2.75) is 20.3 Å². The lowest BCUT2D eigenvalue weighted by Crippen LogP contribution is -2.44. The predicted octanol–water partition coefficient (Wildman–Crippen LogP) is 1.34. The standard InChI is InChI=1S/C18H25N7O/c1-4-14-12(2)21-18(16(22-14)17(19)26)23-15-6-5-13(11-20-15)25-9-7-24(3)8-10-25/h5-6,11H,4,7-10H2,1-3H3,(H2,19,26)(H,20,21,23). The lowest BCUT2D eigenvalue weighted by molar-refractivity contribution is 0.0996. The smallest absolute Gasteiger partial charge is 0.271 e. The number of aromatic nitrogens is 3. The largest absolute Gasteiger partial charge is 0.368 e. The zero-order valence-electron chi connectivity index (χ0n) is 15.5. The first-order valence-corrected chi connectivity index (χ1v) is 8.81. The molecule has 0 spiro atoms. The van der Waals surface area contributed by atoms with Crippen molar-refractivity contribution in [1.29, 1.82) is 0 Å². The molecule has 1 amide bonds. The summed E-state index contributed by atoms with van der Waals surface area (Å²) in [6.45, 7) is 7.89. The summed E-state index contributed by atoms with van der Waals surface area (Å²) in [7, 11) is 2.13. The van der Waals surface area contributed by atoms with Crippen molar-refractivity contribution in [3.05, 3.63) is 35.4 Å². The molecule has 8 nitrogen and oxygen atoms in total. The highest BCUT2D eigenvalue weighted by molar-refractivity contribution is 5.96. The molecule has 2 aromatic rings. The van der Waals surface area contributed by atoms with E-state index in [1.165, 1.54) is 0 Å². The van der Waals surface area contributed by atoms with Gasteiger partial charge in [0.15, 0.2) is 11.5 Å². The fraction of sp³-hybridized carbons (Fsp3) is 0.444. The van der Waals surface area contributed by atoms with E-state index in [1.54, 1.807) is 0 Å². The normalized spacial score (nSPS) is 15.1. The number of carbonyl (C=O) groups is 1. The van der Waals surface area contributed by atoms with E-state index in [0.29, 0.717) is 18.1 Å². The van der Waals surface area contributed by atoms with E-state index in [4.69, 9.17) is 5.73 Å². The van der Waals surface area contributed by atoms with Crippen LogP contribution in [0.25, 0.3) is 0 Å². The molecule has 1 aliphatic heterocycles. The summed E-state index contributed by atoms with van der Waals surface area (Å²) in [4.78, 5) is 29.6. The molecule has 0 bridgehead atoms. The molecule has 1 saturated heterocycles. The third-order valence-corrected chi connectivity index (χ3v) is 4.60. The molecule has 3 N–H and O–H groups in total. The molecule has 1 fully saturated rings. The third-order valence-electron chi connectivity index (χ3n) is 4.60. The Morgan fingerprint density at radius 1 is 1.23 bits per heavy atom. The van der Waals surface area contributed by atoms with Crippen molar-refractivity contribution < 1.29 is 4.79 Å². The monoisotopic (exact) mass is 355 g/mol. The molecule has 0 saturated carbocycles. The van der Waals surface area contributed by atoms with Crippen LogP contribution in [0.3, 0.4) is 0 Å². The highest BCUT2D eigenvalue weighted by Gasteiger charge is 2.17. The minimum absolute atomic E-state index is 0.136.